The number of ether oxygens (including phenoxy) is 4. The first-order valence-corrected chi connectivity index (χ1v) is 11.3. The van der Waals surface area contributed by atoms with Gasteiger partial charge in [0.05, 0.1) is 44.2 Å². The average Bonchev–Trinajstić information content (AvgIpc) is 3.27. The number of nitrogens with zero attached hydrogens (tertiary/aromatic N) is 3. The summed E-state index contributed by atoms with van der Waals surface area (Å²) >= 11 is 1.33. The zero-order chi connectivity index (χ0) is 24.3. The SMILES string of the molecule is CCOC(=O)Cc1csc(NN=Cc2ccc(Oc3cc(C(=O)OCC)ccn3)c(OC)c2)n1. The van der Waals surface area contributed by atoms with Gasteiger partial charge in [-0.1, -0.05) is 0 Å². The van der Waals surface area contributed by atoms with Crippen LogP contribution in [0.4, 0.5) is 5.13 Å². The maximum atomic E-state index is 11.9. The highest BCUT2D eigenvalue weighted by molar-refractivity contribution is 7.13. The van der Waals surface area contributed by atoms with E-state index in [9.17, 15) is 9.59 Å². The van der Waals surface area contributed by atoms with Crippen LogP contribution in [-0.4, -0.2) is 48.4 Å². The largest absolute Gasteiger partial charge is 0.493 e. The van der Waals surface area contributed by atoms with Gasteiger partial charge in [-0.2, -0.15) is 5.10 Å². The molecule has 0 unspecified atom stereocenters. The lowest BCUT2D eigenvalue weighted by atomic mass is 10.2. The molecule has 3 rings (SSSR count). The van der Waals surface area contributed by atoms with E-state index >= 15 is 0 Å². The molecule has 0 fully saturated rings. The minimum absolute atomic E-state index is 0.117. The molecule has 178 valence electrons. The number of anilines is 1. The molecule has 11 heteroatoms. The third kappa shape index (κ3) is 7.01. The number of rotatable bonds is 11. The summed E-state index contributed by atoms with van der Waals surface area (Å²) in [5.41, 5.74) is 4.54. The van der Waals surface area contributed by atoms with Crippen molar-refractivity contribution in [3.8, 4) is 17.4 Å². The van der Waals surface area contributed by atoms with Crippen molar-refractivity contribution in [2.45, 2.75) is 20.3 Å². The van der Waals surface area contributed by atoms with Crippen LogP contribution >= 0.6 is 11.3 Å². The third-order valence-corrected chi connectivity index (χ3v) is 5.00. The van der Waals surface area contributed by atoms with Crippen LogP contribution in [0.3, 0.4) is 0 Å². The molecule has 0 amide bonds. The van der Waals surface area contributed by atoms with Crippen LogP contribution in [0.15, 0.2) is 47.0 Å². The summed E-state index contributed by atoms with van der Waals surface area (Å²) in [5, 5.41) is 6.50. The summed E-state index contributed by atoms with van der Waals surface area (Å²) in [6, 6.07) is 8.29. The van der Waals surface area contributed by atoms with Gasteiger partial charge in [0.25, 0.3) is 0 Å². The van der Waals surface area contributed by atoms with Crippen LogP contribution in [0.1, 0.15) is 35.5 Å². The number of carbonyl (C=O) groups is 2. The van der Waals surface area contributed by atoms with Gasteiger partial charge in [-0.05, 0) is 43.7 Å². The second-order valence-corrected chi connectivity index (χ2v) is 7.47. The molecule has 2 heterocycles. The Labute approximate surface area is 200 Å². The minimum Gasteiger partial charge on any atom is -0.493 e. The zero-order valence-electron chi connectivity index (χ0n) is 18.9. The van der Waals surface area contributed by atoms with Crippen LogP contribution in [-0.2, 0) is 20.7 Å². The first-order chi connectivity index (χ1) is 16.5. The Balaban J connectivity index is 1.63. The lowest BCUT2D eigenvalue weighted by molar-refractivity contribution is -0.142. The van der Waals surface area contributed by atoms with Crippen molar-refractivity contribution in [1.29, 1.82) is 0 Å². The molecule has 10 nitrogen and oxygen atoms in total. The highest BCUT2D eigenvalue weighted by atomic mass is 32.1. The molecule has 0 radical (unpaired) electrons. The Morgan fingerprint density at radius 2 is 1.94 bits per heavy atom. The predicted octanol–water partition coefficient (Wildman–Crippen LogP) is 4.07. The van der Waals surface area contributed by atoms with Gasteiger partial charge >= 0.3 is 11.9 Å². The summed E-state index contributed by atoms with van der Waals surface area (Å²) in [4.78, 5) is 31.9. The lowest BCUT2D eigenvalue weighted by Crippen LogP contribution is -2.07. The number of hydrogen-bond acceptors (Lipinski definition) is 11. The molecule has 0 aliphatic carbocycles. The minimum atomic E-state index is -0.450. The first-order valence-electron chi connectivity index (χ1n) is 10.4. The number of hydrazone groups is 1. The molecule has 1 aromatic carbocycles. The fourth-order valence-electron chi connectivity index (χ4n) is 2.73. The Morgan fingerprint density at radius 3 is 2.71 bits per heavy atom. The van der Waals surface area contributed by atoms with Gasteiger partial charge in [-0.25, -0.2) is 14.8 Å². The predicted molar refractivity (Wildman–Crippen MR) is 127 cm³/mol. The standard InChI is InChI=1S/C23H24N4O6S/c1-4-31-21(28)12-17-14-34-23(26-17)27-25-13-15-6-7-18(19(10-15)30-3)33-20-11-16(8-9-24-20)22(29)32-5-2/h6-11,13-14H,4-5,12H2,1-3H3,(H,26,27). The van der Waals surface area contributed by atoms with Gasteiger partial charge in [0.2, 0.25) is 11.0 Å². The summed E-state index contributed by atoms with van der Waals surface area (Å²) < 4.78 is 21.1. The summed E-state index contributed by atoms with van der Waals surface area (Å²) in [7, 11) is 1.52. The van der Waals surface area contributed by atoms with Crippen LogP contribution in [0, 0.1) is 0 Å². The highest BCUT2D eigenvalue weighted by Gasteiger charge is 2.12. The lowest BCUT2D eigenvalue weighted by Gasteiger charge is -2.11. The fraction of sp³-hybridized carbons (Fsp3) is 0.261. The average molecular weight is 485 g/mol. The molecule has 0 aliphatic heterocycles. The van der Waals surface area contributed by atoms with Crippen molar-refractivity contribution in [3.63, 3.8) is 0 Å². The molecular weight excluding hydrogens is 460 g/mol. The molecule has 0 saturated heterocycles. The molecule has 1 N–H and O–H groups in total. The number of pyridine rings is 1. The zero-order valence-corrected chi connectivity index (χ0v) is 19.8. The highest BCUT2D eigenvalue weighted by Crippen LogP contribution is 2.31. The molecule has 0 spiro atoms. The van der Waals surface area contributed by atoms with Crippen molar-refractivity contribution < 1.29 is 28.5 Å². The van der Waals surface area contributed by atoms with Gasteiger partial charge in [0, 0.05) is 17.6 Å². The molecule has 0 saturated carbocycles. The maximum absolute atomic E-state index is 11.9. The Bertz CT molecular complexity index is 1160. The molecule has 0 bridgehead atoms. The fourth-order valence-corrected chi connectivity index (χ4v) is 3.39. The van der Waals surface area contributed by atoms with E-state index < -0.39 is 5.97 Å². The third-order valence-electron chi connectivity index (χ3n) is 4.20. The van der Waals surface area contributed by atoms with Gasteiger partial charge in [0.1, 0.15) is 0 Å². The maximum Gasteiger partial charge on any atom is 0.338 e. The van der Waals surface area contributed by atoms with Crippen molar-refractivity contribution in [3.05, 3.63) is 58.7 Å². The van der Waals surface area contributed by atoms with Crippen LogP contribution in [0.5, 0.6) is 17.4 Å². The van der Waals surface area contributed by atoms with Crippen molar-refractivity contribution in [2.24, 2.45) is 5.10 Å². The Morgan fingerprint density at radius 1 is 1.12 bits per heavy atom. The van der Waals surface area contributed by atoms with Gasteiger partial charge in [0.15, 0.2) is 11.5 Å². The van der Waals surface area contributed by atoms with E-state index in [4.69, 9.17) is 18.9 Å². The quantitative estimate of drug-likeness (QED) is 0.244. The topological polar surface area (TPSA) is 121 Å². The van der Waals surface area contributed by atoms with Crippen LogP contribution in [0.25, 0.3) is 0 Å². The van der Waals surface area contributed by atoms with E-state index in [1.165, 1.54) is 30.7 Å². The van der Waals surface area contributed by atoms with E-state index in [2.05, 4.69) is 20.5 Å². The van der Waals surface area contributed by atoms with E-state index in [1.807, 2.05) is 0 Å². The summed E-state index contributed by atoms with van der Waals surface area (Å²) in [6.07, 6.45) is 3.18. The number of thiazole rings is 1. The van der Waals surface area contributed by atoms with Crippen molar-refractivity contribution in [2.75, 3.05) is 25.7 Å². The molecular formula is C23H24N4O6S. The second kappa shape index (κ2) is 12.3. The molecule has 3 aromatic rings. The number of aromatic nitrogens is 2. The van der Waals surface area contributed by atoms with Gasteiger partial charge < -0.3 is 18.9 Å². The van der Waals surface area contributed by atoms with Gasteiger partial charge in [-0.15, -0.1) is 11.3 Å². The number of carbonyl (C=O) groups excluding carboxylic acids is 2. The summed E-state index contributed by atoms with van der Waals surface area (Å²) in [6.45, 7) is 4.11. The van der Waals surface area contributed by atoms with Crippen molar-refractivity contribution >= 4 is 34.6 Å². The molecule has 0 atom stereocenters. The van der Waals surface area contributed by atoms with Crippen LogP contribution in [0.2, 0.25) is 0 Å². The number of nitrogens with one attached hydrogen (secondary N) is 1. The number of hydrogen-bond donors (Lipinski definition) is 1. The summed E-state index contributed by atoms with van der Waals surface area (Å²) in [5.74, 6) is 0.339. The van der Waals surface area contributed by atoms with Crippen molar-refractivity contribution in [1.82, 2.24) is 9.97 Å². The van der Waals surface area contributed by atoms with E-state index in [1.54, 1.807) is 49.7 Å². The van der Waals surface area contributed by atoms with E-state index in [0.29, 0.717) is 34.5 Å². The Kier molecular flexibility index (Phi) is 8.92. The normalized spacial score (nSPS) is 10.7. The van der Waals surface area contributed by atoms with E-state index in [0.717, 1.165) is 5.56 Å². The number of methoxy groups -OCH3 is 1. The van der Waals surface area contributed by atoms with E-state index in [-0.39, 0.29) is 24.9 Å². The van der Waals surface area contributed by atoms with Gasteiger partial charge in [-0.3, -0.25) is 10.2 Å². The molecule has 0 aliphatic rings. The monoisotopic (exact) mass is 484 g/mol. The smallest absolute Gasteiger partial charge is 0.338 e. The molecule has 2 aromatic heterocycles. The Hall–Kier alpha value is -3.99. The second-order valence-electron chi connectivity index (χ2n) is 6.61. The number of benzene rings is 1. The number of esters is 2. The molecule has 34 heavy (non-hydrogen) atoms. The first kappa shape index (κ1) is 24.6. The van der Waals surface area contributed by atoms with Crippen LogP contribution < -0.4 is 14.9 Å².